The first kappa shape index (κ1) is 15.1. The van der Waals surface area contributed by atoms with E-state index in [1.165, 1.54) is 0 Å². The van der Waals surface area contributed by atoms with E-state index in [0.717, 1.165) is 0 Å². The van der Waals surface area contributed by atoms with Crippen molar-refractivity contribution in [3.05, 3.63) is 65.2 Å². The number of hydrogen-bond acceptors (Lipinski definition) is 4. The van der Waals surface area contributed by atoms with Gasteiger partial charge in [0.15, 0.2) is 0 Å². The van der Waals surface area contributed by atoms with Crippen LogP contribution < -0.4 is 10.1 Å². The Kier molecular flexibility index (Phi) is 4.00. The topological polar surface area (TPSA) is 82.4 Å². The molecule has 0 bridgehead atoms. The van der Waals surface area contributed by atoms with E-state index in [9.17, 15) is 9.90 Å². The summed E-state index contributed by atoms with van der Waals surface area (Å²) < 4.78 is 5.53. The number of hydrogen-bond donors (Lipinski definition) is 2. The van der Waals surface area contributed by atoms with Crippen LogP contribution in [-0.4, -0.2) is 24.2 Å². The molecule has 0 aromatic heterocycles. The first-order valence-corrected chi connectivity index (χ1v) is 7.35. The summed E-state index contributed by atoms with van der Waals surface area (Å²) in [6.07, 6.45) is 0.414. The number of ether oxygens (including phenoxy) is 1. The maximum absolute atomic E-state index is 12.2. The summed E-state index contributed by atoms with van der Waals surface area (Å²) in [5.41, 5.74) is 0.495. The van der Waals surface area contributed by atoms with Crippen LogP contribution in [0, 0.1) is 11.3 Å². The van der Waals surface area contributed by atoms with E-state index in [1.54, 1.807) is 24.3 Å². The first-order chi connectivity index (χ1) is 11.1. The van der Waals surface area contributed by atoms with Crippen molar-refractivity contribution in [1.29, 1.82) is 5.26 Å². The van der Waals surface area contributed by atoms with E-state index in [0.29, 0.717) is 35.5 Å². The van der Waals surface area contributed by atoms with E-state index < -0.39 is 5.60 Å². The Bertz CT molecular complexity index is 765. The molecule has 1 aliphatic heterocycles. The highest BCUT2D eigenvalue weighted by Gasteiger charge is 2.35. The number of para-hydroxylation sites is 1. The quantitative estimate of drug-likeness (QED) is 0.908. The van der Waals surface area contributed by atoms with Gasteiger partial charge in [0.1, 0.15) is 11.4 Å². The highest BCUT2D eigenvalue weighted by molar-refractivity contribution is 5.94. The lowest BCUT2D eigenvalue weighted by Gasteiger charge is -2.34. The Morgan fingerprint density at radius 3 is 2.74 bits per heavy atom. The highest BCUT2D eigenvalue weighted by Crippen LogP contribution is 2.36. The van der Waals surface area contributed by atoms with Crippen LogP contribution in [0.3, 0.4) is 0 Å². The van der Waals surface area contributed by atoms with Crippen LogP contribution in [0.2, 0.25) is 0 Å². The number of benzene rings is 2. The minimum Gasteiger partial charge on any atom is -0.493 e. The molecule has 0 saturated heterocycles. The van der Waals surface area contributed by atoms with Gasteiger partial charge in [-0.15, -0.1) is 0 Å². The number of amides is 1. The molecule has 0 radical (unpaired) electrons. The van der Waals surface area contributed by atoms with Crippen molar-refractivity contribution >= 4 is 5.91 Å². The predicted molar refractivity (Wildman–Crippen MR) is 83.9 cm³/mol. The Balaban J connectivity index is 1.73. The zero-order valence-corrected chi connectivity index (χ0v) is 12.5. The van der Waals surface area contributed by atoms with Gasteiger partial charge >= 0.3 is 0 Å². The molecule has 1 atom stereocenters. The molecule has 5 nitrogen and oxygen atoms in total. The first-order valence-electron chi connectivity index (χ1n) is 7.35. The fourth-order valence-corrected chi connectivity index (χ4v) is 2.65. The summed E-state index contributed by atoms with van der Waals surface area (Å²) >= 11 is 0. The number of nitriles is 1. The van der Waals surface area contributed by atoms with Crippen LogP contribution in [0.1, 0.15) is 27.9 Å². The monoisotopic (exact) mass is 308 g/mol. The summed E-state index contributed by atoms with van der Waals surface area (Å²) in [7, 11) is 0. The van der Waals surface area contributed by atoms with Gasteiger partial charge in [-0.05, 0) is 30.3 Å². The minimum atomic E-state index is -1.14. The molecule has 5 heteroatoms. The van der Waals surface area contributed by atoms with E-state index in [2.05, 4.69) is 5.32 Å². The van der Waals surface area contributed by atoms with Crippen LogP contribution in [-0.2, 0) is 5.60 Å². The number of nitrogens with zero attached hydrogens (tertiary/aromatic N) is 1. The molecule has 1 amide bonds. The van der Waals surface area contributed by atoms with Gasteiger partial charge in [-0.1, -0.05) is 18.2 Å². The van der Waals surface area contributed by atoms with E-state index in [-0.39, 0.29) is 12.5 Å². The molecule has 1 heterocycles. The highest BCUT2D eigenvalue weighted by atomic mass is 16.5. The normalized spacial score (nSPS) is 19.1. The van der Waals surface area contributed by atoms with Crippen LogP contribution in [0.4, 0.5) is 0 Å². The van der Waals surface area contributed by atoms with Crippen molar-refractivity contribution in [1.82, 2.24) is 5.32 Å². The third-order valence-corrected chi connectivity index (χ3v) is 3.98. The predicted octanol–water partition coefficient (Wildman–Crippen LogP) is 1.96. The van der Waals surface area contributed by atoms with Crippen LogP contribution in [0.25, 0.3) is 0 Å². The Morgan fingerprint density at radius 1 is 1.26 bits per heavy atom. The summed E-state index contributed by atoms with van der Waals surface area (Å²) in [5.74, 6) is 0.362. The van der Waals surface area contributed by atoms with E-state index in [4.69, 9.17) is 10.00 Å². The largest absolute Gasteiger partial charge is 0.493 e. The van der Waals surface area contributed by atoms with Gasteiger partial charge in [0.25, 0.3) is 5.91 Å². The van der Waals surface area contributed by atoms with Crippen LogP contribution >= 0.6 is 0 Å². The van der Waals surface area contributed by atoms with Crippen molar-refractivity contribution in [3.63, 3.8) is 0 Å². The summed E-state index contributed by atoms with van der Waals surface area (Å²) in [5, 5.41) is 22.4. The van der Waals surface area contributed by atoms with Gasteiger partial charge in [0.05, 0.1) is 24.8 Å². The lowest BCUT2D eigenvalue weighted by Crippen LogP contribution is -2.43. The van der Waals surface area contributed by atoms with Crippen LogP contribution in [0.15, 0.2) is 48.5 Å². The standard InChI is InChI=1S/C18H16N2O3/c19-11-13-5-7-14(8-6-13)17(21)20-12-18(22)9-10-23-16-4-2-1-3-15(16)18/h1-8,22H,9-10,12H2,(H,20,21). The molecule has 1 aliphatic rings. The number of carbonyl (C=O) groups excluding carboxylic acids is 1. The molecule has 0 fully saturated rings. The number of rotatable bonds is 3. The zero-order valence-electron chi connectivity index (χ0n) is 12.5. The SMILES string of the molecule is N#Cc1ccc(C(=O)NCC2(O)CCOc3ccccc32)cc1. The van der Waals surface area contributed by atoms with Crippen molar-refractivity contribution in [2.45, 2.75) is 12.0 Å². The number of carbonyl (C=O) groups is 1. The van der Waals surface area contributed by atoms with Gasteiger partial charge in [0, 0.05) is 17.5 Å². The molecule has 0 spiro atoms. The van der Waals surface area contributed by atoms with Gasteiger partial charge in [-0.3, -0.25) is 4.79 Å². The van der Waals surface area contributed by atoms with Gasteiger partial charge in [-0.25, -0.2) is 0 Å². The molecule has 2 N–H and O–H groups in total. The molecule has 3 rings (SSSR count). The van der Waals surface area contributed by atoms with E-state index >= 15 is 0 Å². The third-order valence-electron chi connectivity index (χ3n) is 3.98. The zero-order chi connectivity index (χ0) is 16.3. The van der Waals surface area contributed by atoms with E-state index in [1.807, 2.05) is 30.3 Å². The molecule has 2 aromatic rings. The minimum absolute atomic E-state index is 0.103. The second kappa shape index (κ2) is 6.11. The average Bonchev–Trinajstić information content (AvgIpc) is 2.60. The number of aliphatic hydroxyl groups is 1. The third kappa shape index (κ3) is 3.03. The Morgan fingerprint density at radius 2 is 2.00 bits per heavy atom. The van der Waals surface area contributed by atoms with Crippen molar-refractivity contribution < 1.29 is 14.6 Å². The molecule has 0 saturated carbocycles. The van der Waals surface area contributed by atoms with Crippen molar-refractivity contribution in [2.75, 3.05) is 13.2 Å². The summed E-state index contributed by atoms with van der Waals surface area (Å²) in [4.78, 5) is 12.2. The maximum atomic E-state index is 12.2. The average molecular weight is 308 g/mol. The number of nitrogens with one attached hydrogen (secondary N) is 1. The maximum Gasteiger partial charge on any atom is 0.251 e. The summed E-state index contributed by atoms with van der Waals surface area (Å²) in [6, 6.07) is 15.7. The van der Waals surface area contributed by atoms with Gasteiger partial charge < -0.3 is 15.2 Å². The number of fused-ring (bicyclic) bond motifs is 1. The fraction of sp³-hybridized carbons (Fsp3) is 0.222. The molecule has 23 heavy (non-hydrogen) atoms. The second-order valence-corrected chi connectivity index (χ2v) is 5.50. The van der Waals surface area contributed by atoms with Gasteiger partial charge in [-0.2, -0.15) is 5.26 Å². The lowest BCUT2D eigenvalue weighted by atomic mass is 9.88. The lowest BCUT2D eigenvalue weighted by molar-refractivity contribution is -0.00160. The molecule has 1 unspecified atom stereocenters. The fourth-order valence-electron chi connectivity index (χ4n) is 2.65. The smallest absolute Gasteiger partial charge is 0.251 e. The summed E-state index contributed by atoms with van der Waals surface area (Å²) in [6.45, 7) is 0.506. The Hall–Kier alpha value is -2.84. The molecule has 2 aromatic carbocycles. The molecular formula is C18H16N2O3. The molecule has 116 valence electrons. The van der Waals surface area contributed by atoms with Gasteiger partial charge in [0.2, 0.25) is 0 Å². The van der Waals surface area contributed by atoms with Crippen molar-refractivity contribution in [3.8, 4) is 11.8 Å². The molecular weight excluding hydrogens is 292 g/mol. The van der Waals surface area contributed by atoms with Crippen molar-refractivity contribution in [2.24, 2.45) is 0 Å². The second-order valence-electron chi connectivity index (χ2n) is 5.50. The molecule has 0 aliphatic carbocycles. The Labute approximate surface area is 134 Å². The van der Waals surface area contributed by atoms with Crippen LogP contribution in [0.5, 0.6) is 5.75 Å².